The van der Waals surface area contributed by atoms with E-state index in [-0.39, 0.29) is 12.5 Å². The van der Waals surface area contributed by atoms with Crippen molar-refractivity contribution in [2.24, 2.45) is 0 Å². The van der Waals surface area contributed by atoms with Gasteiger partial charge in [0.2, 0.25) is 5.91 Å². The normalized spacial score (nSPS) is 14.2. The van der Waals surface area contributed by atoms with Crippen LogP contribution in [0, 0.1) is 22.7 Å². The minimum atomic E-state index is -0.175. The molecule has 0 spiro atoms. The summed E-state index contributed by atoms with van der Waals surface area (Å²) in [6.07, 6.45) is 2.39. The first-order valence-corrected chi connectivity index (χ1v) is 10.5. The maximum atomic E-state index is 12.8. The molecule has 4 rings (SSSR count). The van der Waals surface area contributed by atoms with Crippen LogP contribution < -0.4 is 10.2 Å². The maximum absolute atomic E-state index is 12.8. The third-order valence-electron chi connectivity index (χ3n) is 5.47. The number of nitrogens with one attached hydrogen (secondary N) is 1. The second kappa shape index (κ2) is 9.78. The Labute approximate surface area is 186 Å². The number of carbonyl (C=O) groups is 1. The lowest BCUT2D eigenvalue weighted by Crippen LogP contribution is -2.36. The van der Waals surface area contributed by atoms with Crippen molar-refractivity contribution >= 4 is 17.4 Å². The van der Waals surface area contributed by atoms with Crippen molar-refractivity contribution in [1.29, 1.82) is 10.5 Å². The van der Waals surface area contributed by atoms with E-state index in [1.807, 2.05) is 54.6 Å². The summed E-state index contributed by atoms with van der Waals surface area (Å²) in [6, 6.07) is 21.2. The first kappa shape index (κ1) is 21.1. The molecule has 0 saturated carbocycles. The molecule has 1 saturated heterocycles. The van der Waals surface area contributed by atoms with Gasteiger partial charge in [-0.2, -0.15) is 15.6 Å². The van der Waals surface area contributed by atoms with Crippen LogP contribution in [0.5, 0.6) is 0 Å². The van der Waals surface area contributed by atoms with Gasteiger partial charge >= 0.3 is 0 Å². The van der Waals surface area contributed by atoms with E-state index >= 15 is 0 Å². The molecule has 1 aliphatic heterocycles. The van der Waals surface area contributed by atoms with Crippen LogP contribution in [0.1, 0.15) is 17.5 Å². The van der Waals surface area contributed by atoms with Crippen LogP contribution in [0.3, 0.4) is 0 Å². The Morgan fingerprint density at radius 3 is 2.44 bits per heavy atom. The van der Waals surface area contributed by atoms with Gasteiger partial charge in [-0.3, -0.25) is 9.69 Å². The highest BCUT2D eigenvalue weighted by Gasteiger charge is 2.20. The summed E-state index contributed by atoms with van der Waals surface area (Å²) in [7, 11) is 0. The molecule has 3 aromatic rings. The summed E-state index contributed by atoms with van der Waals surface area (Å²) < 4.78 is 1.57. The molecule has 0 bridgehead atoms. The van der Waals surface area contributed by atoms with Crippen LogP contribution in [0.2, 0.25) is 0 Å². The molecule has 1 amide bonds. The Kier molecular flexibility index (Phi) is 6.45. The number of carbonyl (C=O) groups excluding carboxylic acids is 1. The fourth-order valence-electron chi connectivity index (χ4n) is 3.82. The van der Waals surface area contributed by atoms with Crippen LogP contribution in [-0.2, 0) is 4.79 Å². The zero-order valence-corrected chi connectivity index (χ0v) is 17.6. The standard InChI is InChI=1S/C24H23N7O/c25-15-19-7-9-21(10-8-19)30-12-4-11-29(13-14-30)18-23(32)28-24-20(16-26)17-27-31(24)22-5-2-1-3-6-22/h1-3,5-10,17H,4,11-14,18H2,(H,28,32). The predicted octanol–water partition coefficient (Wildman–Crippen LogP) is 2.77. The fraction of sp³-hybridized carbons (Fsp3) is 0.250. The van der Waals surface area contributed by atoms with E-state index in [9.17, 15) is 10.1 Å². The number of hydrogen-bond donors (Lipinski definition) is 1. The summed E-state index contributed by atoms with van der Waals surface area (Å²) >= 11 is 0. The molecule has 0 radical (unpaired) electrons. The van der Waals surface area contributed by atoms with E-state index in [1.54, 1.807) is 4.68 Å². The van der Waals surface area contributed by atoms with Crippen molar-refractivity contribution in [3.8, 4) is 17.8 Å². The van der Waals surface area contributed by atoms with E-state index in [0.717, 1.165) is 44.0 Å². The first-order valence-electron chi connectivity index (χ1n) is 10.5. The molecular formula is C24H23N7O. The SMILES string of the molecule is N#Cc1ccc(N2CCCN(CC(=O)Nc3c(C#N)cnn3-c3ccccc3)CC2)cc1. The lowest BCUT2D eigenvalue weighted by atomic mass is 10.2. The first-order chi connectivity index (χ1) is 15.7. The average molecular weight is 425 g/mol. The van der Waals surface area contributed by atoms with Crippen LogP contribution in [0.4, 0.5) is 11.5 Å². The number of benzene rings is 2. The molecule has 160 valence electrons. The van der Waals surface area contributed by atoms with Crippen LogP contribution in [0.25, 0.3) is 5.69 Å². The monoisotopic (exact) mass is 425 g/mol. The van der Waals surface area contributed by atoms with E-state index in [4.69, 9.17) is 5.26 Å². The second-order valence-electron chi connectivity index (χ2n) is 7.59. The Balaban J connectivity index is 1.39. The van der Waals surface area contributed by atoms with Crippen LogP contribution >= 0.6 is 0 Å². The lowest BCUT2D eigenvalue weighted by molar-refractivity contribution is -0.117. The molecule has 0 unspecified atom stereocenters. The molecule has 1 N–H and O–H groups in total. The third-order valence-corrected chi connectivity index (χ3v) is 5.47. The highest BCUT2D eigenvalue weighted by Crippen LogP contribution is 2.20. The lowest BCUT2D eigenvalue weighted by Gasteiger charge is -2.23. The minimum absolute atomic E-state index is 0.175. The van der Waals surface area contributed by atoms with Gasteiger partial charge in [0.25, 0.3) is 0 Å². The average Bonchev–Trinajstić information content (AvgIpc) is 3.09. The van der Waals surface area contributed by atoms with Crippen molar-refractivity contribution in [1.82, 2.24) is 14.7 Å². The Morgan fingerprint density at radius 1 is 0.938 bits per heavy atom. The van der Waals surface area contributed by atoms with Gasteiger partial charge in [0.15, 0.2) is 5.82 Å². The Hall–Kier alpha value is -4.14. The number of amides is 1. The number of nitrogens with zero attached hydrogens (tertiary/aromatic N) is 6. The molecular weight excluding hydrogens is 402 g/mol. The molecule has 2 heterocycles. The largest absolute Gasteiger partial charge is 0.370 e. The molecule has 0 atom stereocenters. The van der Waals surface area contributed by atoms with Gasteiger partial charge in [0.05, 0.1) is 30.1 Å². The van der Waals surface area contributed by atoms with Gasteiger partial charge in [0, 0.05) is 31.9 Å². The molecule has 1 aromatic heterocycles. The minimum Gasteiger partial charge on any atom is -0.370 e. The number of para-hydroxylation sites is 1. The topological polar surface area (TPSA) is 101 Å². The van der Waals surface area contributed by atoms with Crippen molar-refractivity contribution in [2.75, 3.05) is 42.9 Å². The highest BCUT2D eigenvalue weighted by atomic mass is 16.2. The molecule has 32 heavy (non-hydrogen) atoms. The van der Waals surface area contributed by atoms with Gasteiger partial charge in [-0.1, -0.05) is 18.2 Å². The highest BCUT2D eigenvalue weighted by molar-refractivity contribution is 5.93. The second-order valence-corrected chi connectivity index (χ2v) is 7.59. The molecule has 2 aromatic carbocycles. The van der Waals surface area contributed by atoms with E-state index in [0.29, 0.717) is 16.9 Å². The molecule has 1 fully saturated rings. The van der Waals surface area contributed by atoms with E-state index < -0.39 is 0 Å². The predicted molar refractivity (Wildman–Crippen MR) is 121 cm³/mol. The maximum Gasteiger partial charge on any atom is 0.239 e. The number of nitriles is 2. The summed E-state index contributed by atoms with van der Waals surface area (Å²) in [6.45, 7) is 3.49. The molecule has 1 aliphatic rings. The van der Waals surface area contributed by atoms with Crippen molar-refractivity contribution in [2.45, 2.75) is 6.42 Å². The number of rotatable bonds is 5. The zero-order valence-electron chi connectivity index (χ0n) is 17.6. The van der Waals surface area contributed by atoms with E-state index in [1.165, 1.54) is 6.20 Å². The van der Waals surface area contributed by atoms with Gasteiger partial charge in [-0.15, -0.1) is 0 Å². The number of hydrogen-bond acceptors (Lipinski definition) is 6. The van der Waals surface area contributed by atoms with Crippen LogP contribution in [0.15, 0.2) is 60.8 Å². The van der Waals surface area contributed by atoms with Crippen molar-refractivity contribution in [3.05, 3.63) is 71.9 Å². The zero-order chi connectivity index (χ0) is 22.3. The molecule has 0 aliphatic carbocycles. The van der Waals surface area contributed by atoms with Crippen molar-refractivity contribution in [3.63, 3.8) is 0 Å². The van der Waals surface area contributed by atoms with Gasteiger partial charge in [0.1, 0.15) is 11.6 Å². The summed E-state index contributed by atoms with van der Waals surface area (Å²) in [5.41, 5.74) is 2.83. The summed E-state index contributed by atoms with van der Waals surface area (Å²) in [5.74, 6) is 0.212. The van der Waals surface area contributed by atoms with Gasteiger partial charge in [-0.05, 0) is 42.8 Å². The fourth-order valence-corrected chi connectivity index (χ4v) is 3.82. The van der Waals surface area contributed by atoms with Gasteiger partial charge < -0.3 is 10.2 Å². The van der Waals surface area contributed by atoms with Gasteiger partial charge in [-0.25, -0.2) is 4.68 Å². The molecule has 8 heteroatoms. The Bertz CT molecular complexity index is 1160. The molecule has 8 nitrogen and oxygen atoms in total. The number of anilines is 2. The Morgan fingerprint density at radius 2 is 1.72 bits per heavy atom. The van der Waals surface area contributed by atoms with E-state index in [2.05, 4.69) is 32.4 Å². The quantitative estimate of drug-likeness (QED) is 0.675. The smallest absolute Gasteiger partial charge is 0.239 e. The summed E-state index contributed by atoms with van der Waals surface area (Å²) in [4.78, 5) is 17.2. The summed E-state index contributed by atoms with van der Waals surface area (Å²) in [5, 5.41) is 25.6. The third kappa shape index (κ3) is 4.77. The van der Waals surface area contributed by atoms with Crippen LogP contribution in [-0.4, -0.2) is 53.3 Å². The van der Waals surface area contributed by atoms with Crippen molar-refractivity contribution < 1.29 is 4.79 Å². The number of aromatic nitrogens is 2.